The standard InChI is InChI=1S/C26H28ClN3O2/c27-18-6-4-17(5-7-18)10-12-25(22(28)31)20-8-9-21(24(20)14-15-24)26(25,23(29)32)13-11-19-3-1-2-16-30-19/h1-9,16,20-21H,10-15H2,(H2,28,31)(H2,29,32)/t20-,21+,25-,26-/m0/s1. The first-order valence-corrected chi connectivity index (χ1v) is 11.7. The Bertz CT molecular complexity index is 1080. The van der Waals surface area contributed by atoms with Gasteiger partial charge in [-0.1, -0.05) is 42.0 Å². The van der Waals surface area contributed by atoms with Crippen LogP contribution in [0.1, 0.15) is 36.9 Å². The van der Waals surface area contributed by atoms with Crippen molar-refractivity contribution in [3.63, 3.8) is 0 Å². The second kappa shape index (κ2) is 7.45. The number of aromatic nitrogens is 1. The van der Waals surface area contributed by atoms with Crippen molar-refractivity contribution in [2.24, 2.45) is 39.5 Å². The van der Waals surface area contributed by atoms with Crippen molar-refractivity contribution < 1.29 is 9.59 Å². The Labute approximate surface area is 193 Å². The predicted octanol–water partition coefficient (Wildman–Crippen LogP) is 3.84. The van der Waals surface area contributed by atoms with Crippen LogP contribution in [0.15, 0.2) is 60.8 Å². The van der Waals surface area contributed by atoms with E-state index in [1.165, 1.54) is 0 Å². The van der Waals surface area contributed by atoms with E-state index in [1.807, 2.05) is 42.5 Å². The van der Waals surface area contributed by atoms with Gasteiger partial charge in [-0.3, -0.25) is 14.6 Å². The summed E-state index contributed by atoms with van der Waals surface area (Å²) in [4.78, 5) is 31.2. The highest BCUT2D eigenvalue weighted by Gasteiger charge is 2.81. The molecule has 4 atom stereocenters. The molecule has 2 saturated carbocycles. The molecule has 1 spiro atoms. The molecule has 0 aliphatic heterocycles. The lowest BCUT2D eigenvalue weighted by Gasteiger charge is -2.48. The van der Waals surface area contributed by atoms with E-state index >= 15 is 0 Å². The van der Waals surface area contributed by atoms with Crippen LogP contribution in [-0.4, -0.2) is 16.8 Å². The quantitative estimate of drug-likeness (QED) is 0.599. The summed E-state index contributed by atoms with van der Waals surface area (Å²) in [5, 5.41) is 0.667. The molecule has 2 amide bonds. The second-order valence-corrected chi connectivity index (χ2v) is 10.1. The molecule has 5 nitrogen and oxygen atoms in total. The average molecular weight is 450 g/mol. The van der Waals surface area contributed by atoms with Crippen LogP contribution < -0.4 is 11.5 Å². The lowest BCUT2D eigenvalue weighted by Crippen LogP contribution is -2.59. The molecule has 5 rings (SSSR count). The molecule has 2 bridgehead atoms. The Balaban J connectivity index is 1.58. The number of aryl methyl sites for hydroxylation is 2. The van der Waals surface area contributed by atoms with Crippen molar-refractivity contribution in [1.29, 1.82) is 0 Å². The fourth-order valence-electron chi connectivity index (χ4n) is 7.04. The van der Waals surface area contributed by atoms with E-state index in [0.29, 0.717) is 30.7 Å². The number of primary amides is 2. The Morgan fingerprint density at radius 3 is 2.00 bits per heavy atom. The fraction of sp³-hybridized carbons (Fsp3) is 0.423. The Morgan fingerprint density at radius 1 is 0.906 bits per heavy atom. The number of allylic oxidation sites excluding steroid dienone is 2. The summed E-state index contributed by atoms with van der Waals surface area (Å²) in [7, 11) is 0. The molecule has 2 fully saturated rings. The topological polar surface area (TPSA) is 99.1 Å². The number of halogens is 1. The van der Waals surface area contributed by atoms with Crippen LogP contribution in [-0.2, 0) is 22.4 Å². The van der Waals surface area contributed by atoms with Gasteiger partial charge >= 0.3 is 0 Å². The molecule has 3 aliphatic rings. The summed E-state index contributed by atoms with van der Waals surface area (Å²) in [6, 6.07) is 13.4. The van der Waals surface area contributed by atoms with Gasteiger partial charge in [-0.05, 0) is 85.6 Å². The first-order chi connectivity index (χ1) is 15.4. The number of carbonyl (C=O) groups is 2. The number of rotatable bonds is 8. The van der Waals surface area contributed by atoms with E-state index in [1.54, 1.807) is 6.20 Å². The summed E-state index contributed by atoms with van der Waals surface area (Å²) in [6.45, 7) is 0. The Hall–Kier alpha value is -2.66. The van der Waals surface area contributed by atoms with Crippen LogP contribution >= 0.6 is 11.6 Å². The van der Waals surface area contributed by atoms with Crippen LogP contribution in [0.3, 0.4) is 0 Å². The lowest BCUT2D eigenvalue weighted by molar-refractivity contribution is -0.152. The maximum Gasteiger partial charge on any atom is 0.225 e. The molecule has 0 radical (unpaired) electrons. The monoisotopic (exact) mass is 449 g/mol. The molecule has 166 valence electrons. The van der Waals surface area contributed by atoms with E-state index in [9.17, 15) is 9.59 Å². The zero-order valence-electron chi connectivity index (χ0n) is 18.0. The molecule has 0 saturated heterocycles. The molecule has 0 unspecified atom stereocenters. The van der Waals surface area contributed by atoms with E-state index in [-0.39, 0.29) is 17.3 Å². The smallest absolute Gasteiger partial charge is 0.225 e. The van der Waals surface area contributed by atoms with Gasteiger partial charge in [0.05, 0.1) is 10.8 Å². The van der Waals surface area contributed by atoms with Crippen LogP contribution in [0.25, 0.3) is 0 Å². The van der Waals surface area contributed by atoms with Gasteiger partial charge in [-0.2, -0.15) is 0 Å². The van der Waals surface area contributed by atoms with Crippen LogP contribution in [0.4, 0.5) is 0 Å². The number of nitrogens with zero attached hydrogens (tertiary/aromatic N) is 1. The van der Waals surface area contributed by atoms with Gasteiger partial charge < -0.3 is 11.5 Å². The molecule has 3 aliphatic carbocycles. The Morgan fingerprint density at radius 2 is 1.50 bits per heavy atom. The van der Waals surface area contributed by atoms with Crippen molar-refractivity contribution in [2.45, 2.75) is 38.5 Å². The maximum absolute atomic E-state index is 13.4. The van der Waals surface area contributed by atoms with E-state index in [4.69, 9.17) is 23.1 Å². The third-order valence-corrected chi connectivity index (χ3v) is 8.77. The van der Waals surface area contributed by atoms with Crippen molar-refractivity contribution >= 4 is 23.4 Å². The minimum atomic E-state index is -1.02. The van der Waals surface area contributed by atoms with Gasteiger partial charge in [-0.25, -0.2) is 0 Å². The molecule has 6 heteroatoms. The summed E-state index contributed by atoms with van der Waals surface area (Å²) in [5.74, 6) is -0.930. The molecular formula is C26H28ClN3O2. The lowest BCUT2D eigenvalue weighted by atomic mass is 9.53. The molecule has 4 N–H and O–H groups in total. The summed E-state index contributed by atoms with van der Waals surface area (Å²) in [6.07, 6.45) is 10.2. The second-order valence-electron chi connectivity index (χ2n) is 9.69. The van der Waals surface area contributed by atoms with E-state index < -0.39 is 22.6 Å². The third-order valence-electron chi connectivity index (χ3n) is 8.52. The van der Waals surface area contributed by atoms with Gasteiger partial charge in [0.25, 0.3) is 0 Å². The zero-order chi connectivity index (χ0) is 22.6. The van der Waals surface area contributed by atoms with Crippen molar-refractivity contribution in [3.8, 4) is 0 Å². The van der Waals surface area contributed by atoms with Crippen LogP contribution in [0, 0.1) is 28.1 Å². The van der Waals surface area contributed by atoms with Crippen molar-refractivity contribution in [1.82, 2.24) is 4.98 Å². The SMILES string of the molecule is NC(=O)[C@]1(CCc2ccccn2)[C@@H]2C=C[C@@H](C23CC3)[C@@]1(CCc1ccc(Cl)cc1)C(N)=O. The van der Waals surface area contributed by atoms with E-state index in [0.717, 1.165) is 24.1 Å². The average Bonchev–Trinajstić information content (AvgIpc) is 3.45. The summed E-state index contributed by atoms with van der Waals surface area (Å²) >= 11 is 6.05. The Kier molecular flexibility index (Phi) is 4.93. The van der Waals surface area contributed by atoms with Crippen LogP contribution in [0.2, 0.25) is 5.02 Å². The number of hydrogen-bond donors (Lipinski definition) is 2. The molecule has 32 heavy (non-hydrogen) atoms. The molecular weight excluding hydrogens is 422 g/mol. The molecule has 2 aromatic rings. The normalized spacial score (nSPS) is 31.2. The fourth-order valence-corrected chi connectivity index (χ4v) is 7.17. The van der Waals surface area contributed by atoms with E-state index in [2.05, 4.69) is 17.1 Å². The largest absolute Gasteiger partial charge is 0.369 e. The molecule has 1 aromatic heterocycles. The van der Waals surface area contributed by atoms with Gasteiger partial charge in [0, 0.05) is 16.9 Å². The third kappa shape index (κ3) is 2.80. The number of carbonyl (C=O) groups excluding carboxylic acids is 2. The first-order valence-electron chi connectivity index (χ1n) is 11.3. The predicted molar refractivity (Wildman–Crippen MR) is 123 cm³/mol. The maximum atomic E-state index is 13.4. The zero-order valence-corrected chi connectivity index (χ0v) is 18.7. The highest BCUT2D eigenvalue weighted by Crippen LogP contribution is 2.81. The van der Waals surface area contributed by atoms with Crippen molar-refractivity contribution in [3.05, 3.63) is 77.1 Å². The number of nitrogens with two attached hydrogens (primary N) is 2. The number of hydrogen-bond acceptors (Lipinski definition) is 3. The van der Waals surface area contributed by atoms with Gasteiger partial charge in [0.2, 0.25) is 11.8 Å². The van der Waals surface area contributed by atoms with Gasteiger partial charge in [-0.15, -0.1) is 0 Å². The number of benzene rings is 1. The minimum Gasteiger partial charge on any atom is -0.369 e. The molecule has 1 heterocycles. The highest BCUT2D eigenvalue weighted by atomic mass is 35.5. The van der Waals surface area contributed by atoms with Crippen molar-refractivity contribution in [2.75, 3.05) is 0 Å². The summed E-state index contributed by atoms with van der Waals surface area (Å²) in [5.41, 5.74) is 12.3. The summed E-state index contributed by atoms with van der Waals surface area (Å²) < 4.78 is 0. The van der Waals surface area contributed by atoms with Crippen LogP contribution in [0.5, 0.6) is 0 Å². The van der Waals surface area contributed by atoms with Gasteiger partial charge in [0.15, 0.2) is 0 Å². The first kappa shape index (κ1) is 21.2. The molecule has 1 aromatic carbocycles. The number of amides is 2. The highest BCUT2D eigenvalue weighted by molar-refractivity contribution is 6.30. The minimum absolute atomic E-state index is 0.0546. The number of pyridine rings is 1. The van der Waals surface area contributed by atoms with Gasteiger partial charge in [0.1, 0.15) is 0 Å².